The van der Waals surface area contributed by atoms with Crippen LogP contribution in [0, 0.1) is 0 Å². The topological polar surface area (TPSA) is 95.9 Å². The summed E-state index contributed by atoms with van der Waals surface area (Å²) >= 11 is 0. The van der Waals surface area contributed by atoms with E-state index in [4.69, 9.17) is 4.74 Å². The molecule has 0 aliphatic rings. The number of carbonyl (C=O) groups excluding carboxylic acids is 2. The second-order valence-electron chi connectivity index (χ2n) is 20.0. The highest BCUT2D eigenvalue weighted by atomic mass is 16.5. The molecule has 0 aliphatic heterocycles. The van der Waals surface area contributed by atoms with E-state index in [-0.39, 0.29) is 18.5 Å². The van der Waals surface area contributed by atoms with Crippen molar-refractivity contribution < 1.29 is 24.5 Å². The lowest BCUT2D eigenvalue weighted by molar-refractivity contribution is -0.143. The van der Waals surface area contributed by atoms with Gasteiger partial charge in [-0.25, -0.2) is 0 Å². The number of unbranched alkanes of at least 4 members (excludes halogenated alkanes) is 39. The number of aliphatic hydroxyl groups is 2. The van der Waals surface area contributed by atoms with Gasteiger partial charge >= 0.3 is 5.97 Å². The first-order valence-corrected chi connectivity index (χ1v) is 29.3. The van der Waals surface area contributed by atoms with E-state index in [1.165, 1.54) is 212 Å². The largest absolute Gasteiger partial charge is 0.466 e. The third-order valence-corrected chi connectivity index (χ3v) is 13.4. The first-order chi connectivity index (χ1) is 32.5. The molecule has 6 heteroatoms. The minimum atomic E-state index is -0.859. The molecule has 0 aromatic carbocycles. The van der Waals surface area contributed by atoms with E-state index < -0.39 is 12.1 Å². The predicted octanol–water partition coefficient (Wildman–Crippen LogP) is 18.0. The second-order valence-corrected chi connectivity index (χ2v) is 20.0. The van der Waals surface area contributed by atoms with Crippen molar-refractivity contribution in [2.45, 2.75) is 321 Å². The summed E-state index contributed by atoms with van der Waals surface area (Å²) in [5.41, 5.74) is 0. The van der Waals surface area contributed by atoms with E-state index in [1.807, 2.05) is 6.08 Å². The van der Waals surface area contributed by atoms with Crippen molar-refractivity contribution in [3.05, 3.63) is 36.5 Å². The van der Waals surface area contributed by atoms with Gasteiger partial charge in [-0.1, -0.05) is 269 Å². The summed E-state index contributed by atoms with van der Waals surface area (Å²) in [6.07, 6.45) is 68.7. The van der Waals surface area contributed by atoms with Gasteiger partial charge in [-0.2, -0.15) is 0 Å². The molecular weight excluding hydrogens is 815 g/mol. The van der Waals surface area contributed by atoms with E-state index >= 15 is 0 Å². The van der Waals surface area contributed by atoms with Crippen LogP contribution in [0.15, 0.2) is 36.5 Å². The van der Waals surface area contributed by atoms with Gasteiger partial charge in [0.25, 0.3) is 0 Å². The Morgan fingerprint density at radius 1 is 0.424 bits per heavy atom. The van der Waals surface area contributed by atoms with Gasteiger partial charge in [-0.3, -0.25) is 9.59 Å². The van der Waals surface area contributed by atoms with Crippen molar-refractivity contribution >= 4 is 11.9 Å². The molecule has 0 saturated carbocycles. The molecule has 6 nitrogen and oxygen atoms in total. The number of ether oxygens (including phenoxy) is 1. The Morgan fingerprint density at radius 3 is 1.17 bits per heavy atom. The predicted molar refractivity (Wildman–Crippen MR) is 287 cm³/mol. The van der Waals surface area contributed by atoms with Gasteiger partial charge in [0.15, 0.2) is 0 Å². The fourth-order valence-corrected chi connectivity index (χ4v) is 8.90. The molecule has 0 spiro atoms. The van der Waals surface area contributed by atoms with Crippen molar-refractivity contribution in [3.63, 3.8) is 0 Å². The lowest BCUT2D eigenvalue weighted by Crippen LogP contribution is -2.45. The third kappa shape index (κ3) is 51.5. The molecule has 0 heterocycles. The smallest absolute Gasteiger partial charge is 0.305 e. The number of amides is 1. The minimum Gasteiger partial charge on any atom is -0.466 e. The first kappa shape index (κ1) is 64.1. The van der Waals surface area contributed by atoms with Crippen LogP contribution in [0.2, 0.25) is 0 Å². The lowest BCUT2D eigenvalue weighted by atomic mass is 10.0. The van der Waals surface area contributed by atoms with E-state index in [0.717, 1.165) is 70.6 Å². The van der Waals surface area contributed by atoms with Gasteiger partial charge in [0.2, 0.25) is 5.91 Å². The number of hydrogen-bond donors (Lipinski definition) is 3. The zero-order valence-electron chi connectivity index (χ0n) is 44.2. The lowest BCUT2D eigenvalue weighted by Gasteiger charge is -2.20. The normalized spacial score (nSPS) is 12.8. The molecule has 0 radical (unpaired) electrons. The van der Waals surface area contributed by atoms with E-state index in [2.05, 4.69) is 43.5 Å². The fourth-order valence-electron chi connectivity index (χ4n) is 8.90. The monoisotopic (exact) mass is 928 g/mol. The average Bonchev–Trinajstić information content (AvgIpc) is 3.32. The summed E-state index contributed by atoms with van der Waals surface area (Å²) in [6, 6.07) is -0.644. The maximum Gasteiger partial charge on any atom is 0.305 e. The molecule has 0 rings (SSSR count). The molecule has 2 atom stereocenters. The number of carbonyl (C=O) groups is 2. The highest BCUT2D eigenvalue weighted by molar-refractivity contribution is 5.76. The van der Waals surface area contributed by atoms with Crippen LogP contribution < -0.4 is 5.32 Å². The average molecular weight is 929 g/mol. The number of nitrogens with one attached hydrogen (secondary N) is 1. The Kier molecular flexibility index (Phi) is 54.1. The van der Waals surface area contributed by atoms with Crippen LogP contribution in [0.4, 0.5) is 0 Å². The van der Waals surface area contributed by atoms with Crippen molar-refractivity contribution in [3.8, 4) is 0 Å². The van der Waals surface area contributed by atoms with Crippen molar-refractivity contribution in [2.75, 3.05) is 13.2 Å². The summed E-state index contributed by atoms with van der Waals surface area (Å²) in [4.78, 5) is 24.5. The number of allylic oxidation sites excluding steroid dienone is 5. The quantitative estimate of drug-likeness (QED) is 0.0321. The summed E-state index contributed by atoms with van der Waals surface area (Å²) in [5, 5.41) is 23.2. The third-order valence-electron chi connectivity index (χ3n) is 13.4. The summed E-state index contributed by atoms with van der Waals surface area (Å²) in [7, 11) is 0. The number of aliphatic hydroxyl groups excluding tert-OH is 2. The highest BCUT2D eigenvalue weighted by Gasteiger charge is 2.18. The summed E-state index contributed by atoms with van der Waals surface area (Å²) < 4.78 is 5.46. The SMILES string of the molecule is CCCCCC/C=C\C/C=C\CCCCCCCC(=O)OCCCCCCCCCCCCCC(=O)NC(CO)C(O)/C=C/CCCCCCCCCCCCCCCCCCCCCC. The maximum atomic E-state index is 12.5. The van der Waals surface area contributed by atoms with Crippen molar-refractivity contribution in [2.24, 2.45) is 0 Å². The molecule has 1 amide bonds. The van der Waals surface area contributed by atoms with Crippen LogP contribution in [-0.2, 0) is 14.3 Å². The number of esters is 1. The van der Waals surface area contributed by atoms with Gasteiger partial charge in [0.05, 0.1) is 25.4 Å². The Bertz CT molecular complexity index is 1070. The Labute approximate surface area is 411 Å². The van der Waals surface area contributed by atoms with Crippen LogP contribution in [0.1, 0.15) is 309 Å². The molecule has 3 N–H and O–H groups in total. The molecule has 2 unspecified atom stereocenters. The molecular formula is C60H113NO5. The Morgan fingerprint density at radius 2 is 0.758 bits per heavy atom. The van der Waals surface area contributed by atoms with Crippen molar-refractivity contribution in [1.29, 1.82) is 0 Å². The zero-order valence-corrected chi connectivity index (χ0v) is 44.2. The highest BCUT2D eigenvalue weighted by Crippen LogP contribution is 2.17. The molecule has 0 aromatic rings. The molecule has 0 bridgehead atoms. The van der Waals surface area contributed by atoms with Gasteiger partial charge in [-0.05, 0) is 64.2 Å². The number of hydrogen-bond acceptors (Lipinski definition) is 5. The van der Waals surface area contributed by atoms with Gasteiger partial charge < -0.3 is 20.3 Å². The summed E-state index contributed by atoms with van der Waals surface area (Å²) in [5.74, 6) is -0.114. The molecule has 0 fully saturated rings. The van der Waals surface area contributed by atoms with Crippen LogP contribution in [0.5, 0.6) is 0 Å². The minimum absolute atomic E-state index is 0.0285. The molecule has 0 saturated heterocycles. The molecule has 0 aromatic heterocycles. The molecule has 66 heavy (non-hydrogen) atoms. The van der Waals surface area contributed by atoms with Gasteiger partial charge in [-0.15, -0.1) is 0 Å². The maximum absolute atomic E-state index is 12.5. The Hall–Kier alpha value is -1.92. The molecule has 388 valence electrons. The number of rotatable bonds is 54. The fraction of sp³-hybridized carbons (Fsp3) is 0.867. The van der Waals surface area contributed by atoms with Crippen LogP contribution in [-0.4, -0.2) is 47.4 Å². The Balaban J connectivity index is 3.51. The van der Waals surface area contributed by atoms with Crippen molar-refractivity contribution in [1.82, 2.24) is 5.32 Å². The molecule has 0 aliphatic carbocycles. The van der Waals surface area contributed by atoms with Gasteiger partial charge in [0.1, 0.15) is 0 Å². The second kappa shape index (κ2) is 55.7. The van der Waals surface area contributed by atoms with E-state index in [9.17, 15) is 19.8 Å². The van der Waals surface area contributed by atoms with E-state index in [0.29, 0.717) is 19.4 Å². The zero-order chi connectivity index (χ0) is 47.9. The van der Waals surface area contributed by atoms with Crippen LogP contribution in [0.3, 0.4) is 0 Å². The van der Waals surface area contributed by atoms with Gasteiger partial charge in [0, 0.05) is 12.8 Å². The van der Waals surface area contributed by atoms with Crippen LogP contribution in [0.25, 0.3) is 0 Å². The summed E-state index contributed by atoms with van der Waals surface area (Å²) in [6.45, 7) is 4.85. The van der Waals surface area contributed by atoms with Crippen LogP contribution >= 0.6 is 0 Å². The first-order valence-electron chi connectivity index (χ1n) is 29.3. The van der Waals surface area contributed by atoms with E-state index in [1.54, 1.807) is 6.08 Å². The standard InChI is InChI=1S/C60H113NO5/c1-3-5-7-9-11-13-15-17-19-21-22-23-24-25-26-27-29-32-36-40-44-48-52-58(63)57(56-62)61-59(64)53-49-45-41-37-33-31-35-39-43-47-51-55-66-60(65)54-50-46-42-38-34-30-28-20-18-16-14-12-10-8-6-4-2/h14,16,20,28,48,52,57-58,62-63H,3-13,15,17-19,21-27,29-47,49-51,53-56H2,1-2H3,(H,61,64)/b16-14-,28-20-,52-48+.